The predicted molar refractivity (Wildman–Crippen MR) is 76.0 cm³/mol. The molecule has 0 fully saturated rings. The average Bonchev–Trinajstić information content (AvgIpc) is 2.38. The molecule has 96 valence electrons. The van der Waals surface area contributed by atoms with Gasteiger partial charge in [0, 0.05) is 31.8 Å². The molecule has 0 aliphatic heterocycles. The molecule has 0 bridgehead atoms. The Hall–Kier alpha value is -1.31. The van der Waals surface area contributed by atoms with Crippen molar-refractivity contribution in [1.29, 1.82) is 0 Å². The molecule has 0 N–H and O–H groups in total. The lowest BCUT2D eigenvalue weighted by molar-refractivity contribution is 0.0988. The van der Waals surface area contributed by atoms with E-state index in [9.17, 15) is 4.79 Å². The van der Waals surface area contributed by atoms with Gasteiger partial charge in [-0.05, 0) is 24.3 Å². The summed E-state index contributed by atoms with van der Waals surface area (Å²) in [4.78, 5) is 13.3. The smallest absolute Gasteiger partial charge is 0.162 e. The van der Waals surface area contributed by atoms with Crippen molar-refractivity contribution in [3.8, 4) is 0 Å². The molecule has 0 heterocycles. The van der Waals surface area contributed by atoms with Gasteiger partial charge >= 0.3 is 0 Å². The Bertz CT molecular complexity index is 312. The highest BCUT2D eigenvalue weighted by molar-refractivity contribution is 5.96. The maximum atomic E-state index is 11.3. The van der Waals surface area contributed by atoms with E-state index in [0.29, 0.717) is 6.42 Å². The van der Waals surface area contributed by atoms with E-state index in [2.05, 4.69) is 13.8 Å². The fraction of sp³-hybridized carbons (Fsp3) is 0.533. The molecule has 0 spiro atoms. The molecule has 0 saturated carbocycles. The summed E-state index contributed by atoms with van der Waals surface area (Å²) in [6.45, 7) is 6.24. The van der Waals surface area contributed by atoms with Crippen molar-refractivity contribution < 1.29 is 4.79 Å². The van der Waals surface area contributed by atoms with Gasteiger partial charge in [-0.1, -0.05) is 33.6 Å². The molecule has 0 saturated heterocycles. The Morgan fingerprint density at radius 3 is 1.76 bits per heavy atom. The number of unbranched alkanes of at least 4 members (excludes halogenated alkanes) is 1. The predicted octanol–water partition coefficient (Wildman–Crippen LogP) is 4.15. The molecule has 0 unspecified atom stereocenters. The molecule has 2 nitrogen and oxygen atoms in total. The van der Waals surface area contributed by atoms with Crippen LogP contribution in [0.3, 0.4) is 0 Å². The summed E-state index contributed by atoms with van der Waals surface area (Å²) < 4.78 is 0. The van der Waals surface area contributed by atoms with Crippen LogP contribution in [0.2, 0.25) is 0 Å². The van der Waals surface area contributed by atoms with Gasteiger partial charge in [-0.25, -0.2) is 0 Å². The molecule has 1 aromatic rings. The molecule has 0 atom stereocenters. The monoisotopic (exact) mass is 235 g/mol. The van der Waals surface area contributed by atoms with Gasteiger partial charge in [0.15, 0.2) is 5.78 Å². The lowest BCUT2D eigenvalue weighted by atomic mass is 10.1. The van der Waals surface area contributed by atoms with Gasteiger partial charge in [0.1, 0.15) is 0 Å². The van der Waals surface area contributed by atoms with E-state index in [1.54, 1.807) is 0 Å². The summed E-state index contributed by atoms with van der Waals surface area (Å²) in [6, 6.07) is 7.67. The summed E-state index contributed by atoms with van der Waals surface area (Å²) in [7, 11) is 3.97. The zero-order chi connectivity index (χ0) is 13.3. The molecule has 0 aliphatic carbocycles. The van der Waals surface area contributed by atoms with Crippen molar-refractivity contribution in [3.63, 3.8) is 0 Å². The Labute approximate surface area is 106 Å². The Balaban J connectivity index is 0.000000557. The van der Waals surface area contributed by atoms with Crippen molar-refractivity contribution in [1.82, 2.24) is 0 Å². The maximum Gasteiger partial charge on any atom is 0.162 e. The van der Waals surface area contributed by atoms with E-state index >= 15 is 0 Å². The van der Waals surface area contributed by atoms with Gasteiger partial charge in [0.2, 0.25) is 0 Å². The van der Waals surface area contributed by atoms with Crippen LogP contribution >= 0.6 is 0 Å². The Morgan fingerprint density at radius 1 is 1.00 bits per heavy atom. The van der Waals surface area contributed by atoms with Crippen LogP contribution in [0.15, 0.2) is 24.3 Å². The molecular formula is C15H25NO. The summed E-state index contributed by atoms with van der Waals surface area (Å²) in [5.74, 6) is 0.199. The van der Waals surface area contributed by atoms with Crippen molar-refractivity contribution in [2.75, 3.05) is 19.0 Å². The van der Waals surface area contributed by atoms with E-state index in [1.165, 1.54) is 12.8 Å². The quantitative estimate of drug-likeness (QED) is 0.731. The molecule has 1 rings (SSSR count). The summed E-state index contributed by atoms with van der Waals surface area (Å²) in [5.41, 5.74) is 1.92. The number of carbonyl (C=O) groups is 1. The van der Waals surface area contributed by atoms with E-state index in [4.69, 9.17) is 0 Å². The molecule has 0 amide bonds. The Kier molecular flexibility index (Phi) is 8.12. The van der Waals surface area contributed by atoms with Crippen LogP contribution in [0, 0.1) is 0 Å². The standard InChI is InChI=1S/C11H15NO.C4H10/c1-4-11(13)9-5-7-10(8-6-9)12(2)3;1-3-4-2/h5-8H,4H2,1-3H3;3-4H2,1-2H3. The highest BCUT2D eigenvalue weighted by Gasteiger charge is 2.02. The number of nitrogens with zero attached hydrogens (tertiary/aromatic N) is 1. The van der Waals surface area contributed by atoms with Crippen molar-refractivity contribution in [2.45, 2.75) is 40.0 Å². The summed E-state index contributed by atoms with van der Waals surface area (Å²) in [6.07, 6.45) is 3.21. The number of hydrogen-bond donors (Lipinski definition) is 0. The zero-order valence-corrected chi connectivity index (χ0v) is 11.8. The second kappa shape index (κ2) is 8.80. The molecule has 0 radical (unpaired) electrons. The molecular weight excluding hydrogens is 210 g/mol. The number of Topliss-reactive ketones (excluding diaryl/α,β-unsaturated/α-hetero) is 1. The number of anilines is 1. The van der Waals surface area contributed by atoms with Gasteiger partial charge < -0.3 is 4.90 Å². The van der Waals surface area contributed by atoms with Crippen LogP contribution in [0.4, 0.5) is 5.69 Å². The van der Waals surface area contributed by atoms with Crippen LogP contribution in [0.5, 0.6) is 0 Å². The van der Waals surface area contributed by atoms with Crippen LogP contribution in [-0.4, -0.2) is 19.9 Å². The van der Waals surface area contributed by atoms with Crippen LogP contribution < -0.4 is 4.90 Å². The van der Waals surface area contributed by atoms with Crippen LogP contribution in [0.1, 0.15) is 50.4 Å². The topological polar surface area (TPSA) is 20.3 Å². The summed E-state index contributed by atoms with van der Waals surface area (Å²) >= 11 is 0. The van der Waals surface area contributed by atoms with E-state index in [1.807, 2.05) is 50.2 Å². The van der Waals surface area contributed by atoms with Crippen molar-refractivity contribution in [2.24, 2.45) is 0 Å². The van der Waals surface area contributed by atoms with Gasteiger partial charge in [0.25, 0.3) is 0 Å². The molecule has 0 aliphatic rings. The first-order valence-electron chi connectivity index (χ1n) is 6.37. The maximum absolute atomic E-state index is 11.3. The van der Waals surface area contributed by atoms with E-state index < -0.39 is 0 Å². The highest BCUT2D eigenvalue weighted by Crippen LogP contribution is 2.13. The Morgan fingerprint density at radius 2 is 1.47 bits per heavy atom. The SMILES string of the molecule is CCC(=O)c1ccc(N(C)C)cc1.CCCC. The largest absolute Gasteiger partial charge is 0.378 e. The number of hydrogen-bond acceptors (Lipinski definition) is 2. The first-order valence-corrected chi connectivity index (χ1v) is 6.37. The van der Waals surface area contributed by atoms with Crippen molar-refractivity contribution >= 4 is 11.5 Å². The van der Waals surface area contributed by atoms with Crippen molar-refractivity contribution in [3.05, 3.63) is 29.8 Å². The lowest BCUT2D eigenvalue weighted by Crippen LogP contribution is -2.08. The first-order chi connectivity index (χ1) is 8.06. The van der Waals surface area contributed by atoms with Gasteiger partial charge in [-0.3, -0.25) is 4.79 Å². The lowest BCUT2D eigenvalue weighted by Gasteiger charge is -2.12. The minimum absolute atomic E-state index is 0.199. The third-order valence-corrected chi connectivity index (χ3v) is 2.53. The first kappa shape index (κ1) is 15.7. The average molecular weight is 235 g/mol. The molecule has 17 heavy (non-hydrogen) atoms. The number of ketones is 1. The normalized spacial score (nSPS) is 9.24. The molecule has 2 heteroatoms. The number of carbonyl (C=O) groups excluding carboxylic acids is 1. The van der Waals surface area contributed by atoms with Crippen LogP contribution in [-0.2, 0) is 0 Å². The number of benzene rings is 1. The second-order valence-corrected chi connectivity index (χ2v) is 4.22. The van der Waals surface area contributed by atoms with E-state index in [0.717, 1.165) is 11.3 Å². The minimum Gasteiger partial charge on any atom is -0.378 e. The fourth-order valence-corrected chi connectivity index (χ4v) is 1.15. The zero-order valence-electron chi connectivity index (χ0n) is 11.8. The third kappa shape index (κ3) is 6.10. The second-order valence-electron chi connectivity index (χ2n) is 4.22. The summed E-state index contributed by atoms with van der Waals surface area (Å²) in [5, 5.41) is 0. The fourth-order valence-electron chi connectivity index (χ4n) is 1.15. The van der Waals surface area contributed by atoms with Crippen LogP contribution in [0.25, 0.3) is 0 Å². The third-order valence-electron chi connectivity index (χ3n) is 2.53. The van der Waals surface area contributed by atoms with Gasteiger partial charge in [0.05, 0.1) is 0 Å². The highest BCUT2D eigenvalue weighted by atomic mass is 16.1. The van der Waals surface area contributed by atoms with E-state index in [-0.39, 0.29) is 5.78 Å². The molecule has 0 aromatic heterocycles. The number of rotatable bonds is 4. The van der Waals surface area contributed by atoms with Gasteiger partial charge in [-0.2, -0.15) is 0 Å². The molecule has 1 aromatic carbocycles. The van der Waals surface area contributed by atoms with Gasteiger partial charge in [-0.15, -0.1) is 0 Å². The minimum atomic E-state index is 0.199.